The molecule has 0 fully saturated rings. The van der Waals surface area contributed by atoms with Crippen molar-refractivity contribution in [2.45, 2.75) is 13.0 Å². The van der Waals surface area contributed by atoms with E-state index in [1.165, 1.54) is 5.56 Å². The maximum atomic E-state index is 5.72. The summed E-state index contributed by atoms with van der Waals surface area (Å²) in [5.74, 6) is 6.56. The molecule has 18 heavy (non-hydrogen) atoms. The van der Waals surface area contributed by atoms with Crippen LogP contribution in [0.1, 0.15) is 22.0 Å². The van der Waals surface area contributed by atoms with Crippen molar-refractivity contribution in [1.29, 1.82) is 0 Å². The van der Waals surface area contributed by atoms with E-state index in [9.17, 15) is 0 Å². The molecular formula is C13H15BrN2OS. The highest BCUT2D eigenvalue weighted by atomic mass is 79.9. The molecule has 2 aromatic rings. The van der Waals surface area contributed by atoms with Gasteiger partial charge in [0.1, 0.15) is 5.75 Å². The summed E-state index contributed by atoms with van der Waals surface area (Å²) in [4.78, 5) is 1.14. The van der Waals surface area contributed by atoms with Crippen LogP contribution in [0.25, 0.3) is 0 Å². The summed E-state index contributed by atoms with van der Waals surface area (Å²) in [6, 6.07) is 8.03. The molecule has 1 aromatic carbocycles. The average Bonchev–Trinajstić information content (AvgIpc) is 2.77. The second-order valence-corrected chi connectivity index (χ2v) is 5.78. The van der Waals surface area contributed by atoms with Crippen molar-refractivity contribution in [3.63, 3.8) is 0 Å². The SMILES string of the molecule is COc1ccc(C)cc1C(NN)c1sccc1Br. The molecule has 3 nitrogen and oxygen atoms in total. The number of aryl methyl sites for hydroxylation is 1. The number of hydrogen-bond donors (Lipinski definition) is 2. The highest BCUT2D eigenvalue weighted by Crippen LogP contribution is 2.36. The Bertz CT molecular complexity index is 542. The van der Waals surface area contributed by atoms with Crippen LogP contribution in [-0.2, 0) is 0 Å². The van der Waals surface area contributed by atoms with Gasteiger partial charge in [0.2, 0.25) is 0 Å². The predicted octanol–water partition coefficient (Wildman–Crippen LogP) is 3.38. The molecule has 5 heteroatoms. The first-order valence-electron chi connectivity index (χ1n) is 5.51. The Labute approximate surface area is 119 Å². The van der Waals surface area contributed by atoms with Gasteiger partial charge >= 0.3 is 0 Å². The zero-order valence-electron chi connectivity index (χ0n) is 10.2. The molecule has 0 aliphatic heterocycles. The third kappa shape index (κ3) is 2.59. The van der Waals surface area contributed by atoms with Crippen LogP contribution in [0.5, 0.6) is 5.75 Å². The third-order valence-electron chi connectivity index (χ3n) is 2.77. The monoisotopic (exact) mass is 326 g/mol. The third-order valence-corrected chi connectivity index (χ3v) is 4.71. The van der Waals surface area contributed by atoms with E-state index in [4.69, 9.17) is 10.6 Å². The molecule has 0 bridgehead atoms. The number of benzene rings is 1. The number of nitrogens with two attached hydrogens (primary N) is 1. The van der Waals surface area contributed by atoms with Crippen molar-refractivity contribution in [2.24, 2.45) is 5.84 Å². The van der Waals surface area contributed by atoms with Gasteiger partial charge in [-0.2, -0.15) is 0 Å². The first kappa shape index (κ1) is 13.5. The van der Waals surface area contributed by atoms with E-state index in [0.29, 0.717) is 0 Å². The van der Waals surface area contributed by atoms with Gasteiger partial charge in [0.05, 0.1) is 13.2 Å². The van der Waals surface area contributed by atoms with Crippen LogP contribution >= 0.6 is 27.3 Å². The first-order chi connectivity index (χ1) is 8.67. The molecule has 1 aromatic heterocycles. The van der Waals surface area contributed by atoms with Crippen molar-refractivity contribution in [2.75, 3.05) is 7.11 Å². The van der Waals surface area contributed by atoms with Crippen molar-refractivity contribution in [3.05, 3.63) is 50.1 Å². The first-order valence-corrected chi connectivity index (χ1v) is 7.18. The van der Waals surface area contributed by atoms with Gasteiger partial charge in [0.25, 0.3) is 0 Å². The summed E-state index contributed by atoms with van der Waals surface area (Å²) in [6.07, 6.45) is 0. The van der Waals surface area contributed by atoms with E-state index in [2.05, 4.69) is 34.3 Å². The number of rotatable bonds is 4. The largest absolute Gasteiger partial charge is 0.496 e. The van der Waals surface area contributed by atoms with Crippen LogP contribution in [-0.4, -0.2) is 7.11 Å². The lowest BCUT2D eigenvalue weighted by molar-refractivity contribution is 0.404. The average molecular weight is 327 g/mol. The summed E-state index contributed by atoms with van der Waals surface area (Å²) in [6.45, 7) is 2.06. The van der Waals surface area contributed by atoms with Gasteiger partial charge in [-0.1, -0.05) is 17.7 Å². The lowest BCUT2D eigenvalue weighted by atomic mass is 10.0. The molecule has 96 valence electrons. The number of ether oxygens (including phenoxy) is 1. The molecule has 1 unspecified atom stereocenters. The Hall–Kier alpha value is -0.880. The Balaban J connectivity index is 2.51. The summed E-state index contributed by atoms with van der Waals surface area (Å²) < 4.78 is 6.47. The topological polar surface area (TPSA) is 47.3 Å². The molecule has 0 radical (unpaired) electrons. The summed E-state index contributed by atoms with van der Waals surface area (Å²) in [5.41, 5.74) is 5.09. The van der Waals surface area contributed by atoms with Gasteiger partial charge in [-0.15, -0.1) is 11.3 Å². The van der Waals surface area contributed by atoms with Crippen LogP contribution in [0.3, 0.4) is 0 Å². The van der Waals surface area contributed by atoms with E-state index in [1.807, 2.05) is 23.6 Å². The maximum Gasteiger partial charge on any atom is 0.124 e. The van der Waals surface area contributed by atoms with Crippen molar-refractivity contribution in [3.8, 4) is 5.75 Å². The molecule has 1 heterocycles. The lowest BCUT2D eigenvalue weighted by Crippen LogP contribution is -2.28. The van der Waals surface area contributed by atoms with Gasteiger partial charge in [-0.3, -0.25) is 5.84 Å². The van der Waals surface area contributed by atoms with Crippen molar-refractivity contribution >= 4 is 27.3 Å². The van der Waals surface area contributed by atoms with Crippen LogP contribution in [0, 0.1) is 6.92 Å². The number of hydrogen-bond acceptors (Lipinski definition) is 4. The van der Waals surface area contributed by atoms with Crippen LogP contribution < -0.4 is 16.0 Å². The van der Waals surface area contributed by atoms with Gasteiger partial charge in [-0.25, -0.2) is 5.43 Å². The predicted molar refractivity (Wildman–Crippen MR) is 78.9 cm³/mol. The maximum absolute atomic E-state index is 5.72. The molecule has 1 atom stereocenters. The number of thiophene rings is 1. The van der Waals surface area contributed by atoms with Gasteiger partial charge < -0.3 is 4.74 Å². The van der Waals surface area contributed by atoms with Crippen LogP contribution in [0.4, 0.5) is 0 Å². The smallest absolute Gasteiger partial charge is 0.124 e. The van der Waals surface area contributed by atoms with Gasteiger partial charge in [0, 0.05) is 14.9 Å². The molecule has 0 saturated heterocycles. The highest BCUT2D eigenvalue weighted by Gasteiger charge is 2.20. The Kier molecular flexibility index (Phi) is 4.40. The van der Waals surface area contributed by atoms with E-state index in [0.717, 1.165) is 20.7 Å². The van der Waals surface area contributed by atoms with Crippen molar-refractivity contribution in [1.82, 2.24) is 5.43 Å². The highest BCUT2D eigenvalue weighted by molar-refractivity contribution is 9.10. The molecular weight excluding hydrogens is 312 g/mol. The molecule has 0 saturated carbocycles. The van der Waals surface area contributed by atoms with Crippen molar-refractivity contribution < 1.29 is 4.74 Å². The minimum Gasteiger partial charge on any atom is -0.496 e. The summed E-state index contributed by atoms with van der Waals surface area (Å²) in [5, 5.41) is 2.03. The molecule has 0 aliphatic rings. The fourth-order valence-electron chi connectivity index (χ4n) is 1.90. The summed E-state index contributed by atoms with van der Waals surface area (Å²) in [7, 11) is 1.67. The number of methoxy groups -OCH3 is 1. The molecule has 0 aliphatic carbocycles. The quantitative estimate of drug-likeness (QED) is 0.668. The van der Waals surface area contributed by atoms with Gasteiger partial charge in [0.15, 0.2) is 0 Å². The van der Waals surface area contributed by atoms with E-state index >= 15 is 0 Å². The minimum atomic E-state index is -0.0748. The second kappa shape index (κ2) is 5.84. The van der Waals surface area contributed by atoms with E-state index in [1.54, 1.807) is 18.4 Å². The standard InChI is InChI=1S/C13H15BrN2OS/c1-8-3-4-11(17-2)9(7-8)12(16-15)13-10(14)5-6-18-13/h3-7,12,16H,15H2,1-2H3. The van der Waals surface area contributed by atoms with Crippen LogP contribution in [0.2, 0.25) is 0 Å². The van der Waals surface area contributed by atoms with E-state index < -0.39 is 0 Å². The molecule has 2 rings (SSSR count). The second-order valence-electron chi connectivity index (χ2n) is 3.98. The number of nitrogens with one attached hydrogen (secondary N) is 1. The number of hydrazine groups is 1. The van der Waals surface area contributed by atoms with Gasteiger partial charge in [-0.05, 0) is 40.4 Å². The number of halogens is 1. The minimum absolute atomic E-state index is 0.0748. The Morgan fingerprint density at radius 2 is 2.17 bits per heavy atom. The molecule has 0 spiro atoms. The molecule has 0 amide bonds. The van der Waals surface area contributed by atoms with E-state index in [-0.39, 0.29) is 6.04 Å². The fourth-order valence-corrected chi connectivity index (χ4v) is 3.58. The normalized spacial score (nSPS) is 12.4. The Morgan fingerprint density at radius 1 is 1.39 bits per heavy atom. The zero-order chi connectivity index (χ0) is 13.1. The zero-order valence-corrected chi connectivity index (χ0v) is 12.6. The summed E-state index contributed by atoms with van der Waals surface area (Å²) >= 11 is 5.20. The van der Waals surface area contributed by atoms with Crippen LogP contribution in [0.15, 0.2) is 34.1 Å². The fraction of sp³-hybridized carbons (Fsp3) is 0.231. The lowest BCUT2D eigenvalue weighted by Gasteiger charge is -2.19. The Morgan fingerprint density at radius 3 is 2.72 bits per heavy atom. The molecule has 3 N–H and O–H groups in total.